The lowest BCUT2D eigenvalue weighted by Crippen LogP contribution is -2.52. The predicted molar refractivity (Wildman–Crippen MR) is 110 cm³/mol. The molecule has 0 spiro atoms. The van der Waals surface area contributed by atoms with E-state index in [-0.39, 0.29) is 17.3 Å². The van der Waals surface area contributed by atoms with Crippen molar-refractivity contribution in [3.63, 3.8) is 0 Å². The number of amides is 2. The van der Waals surface area contributed by atoms with Crippen LogP contribution in [0.1, 0.15) is 33.3 Å². The van der Waals surface area contributed by atoms with Gasteiger partial charge in [-0.25, -0.2) is 4.79 Å². The SMILES string of the molecule is CC(=O)/C(=C\c1cc(Cl)cc(Cl)c1)C(=O)N1CCN(C(=O)OC(C)(C)C)CC1. The number of ether oxygens (including phenoxy) is 1. The van der Waals surface area contributed by atoms with Gasteiger partial charge in [-0.2, -0.15) is 0 Å². The molecule has 1 saturated heterocycles. The van der Waals surface area contributed by atoms with Crippen LogP contribution in [0.4, 0.5) is 4.79 Å². The summed E-state index contributed by atoms with van der Waals surface area (Å²) in [5.41, 5.74) is 0.0415. The fraction of sp³-hybridized carbons (Fsp3) is 0.450. The Balaban J connectivity index is 2.10. The zero-order valence-corrected chi connectivity index (χ0v) is 17.9. The van der Waals surface area contributed by atoms with Crippen LogP contribution < -0.4 is 0 Å². The third-order valence-corrected chi connectivity index (χ3v) is 4.46. The number of ketones is 1. The molecule has 0 aliphatic carbocycles. The van der Waals surface area contributed by atoms with Crippen LogP contribution in [-0.2, 0) is 14.3 Å². The van der Waals surface area contributed by atoms with Gasteiger partial charge in [0.05, 0.1) is 5.57 Å². The van der Waals surface area contributed by atoms with E-state index in [1.54, 1.807) is 48.8 Å². The summed E-state index contributed by atoms with van der Waals surface area (Å²) >= 11 is 12.0. The molecule has 1 aromatic carbocycles. The van der Waals surface area contributed by atoms with Crippen LogP contribution in [0.25, 0.3) is 6.08 Å². The van der Waals surface area contributed by atoms with Crippen LogP contribution in [0.15, 0.2) is 23.8 Å². The Morgan fingerprint density at radius 3 is 1.93 bits per heavy atom. The van der Waals surface area contributed by atoms with Crippen molar-refractivity contribution < 1.29 is 19.1 Å². The van der Waals surface area contributed by atoms with Crippen molar-refractivity contribution in [1.29, 1.82) is 0 Å². The molecule has 6 nitrogen and oxygen atoms in total. The fourth-order valence-corrected chi connectivity index (χ4v) is 3.27. The Hall–Kier alpha value is -2.05. The van der Waals surface area contributed by atoms with Gasteiger partial charge < -0.3 is 14.5 Å². The van der Waals surface area contributed by atoms with Crippen LogP contribution in [0.2, 0.25) is 10.0 Å². The Morgan fingerprint density at radius 2 is 1.46 bits per heavy atom. The van der Waals surface area contributed by atoms with Crippen LogP contribution in [0.3, 0.4) is 0 Å². The van der Waals surface area contributed by atoms with E-state index in [1.807, 2.05) is 0 Å². The number of hydrogen-bond acceptors (Lipinski definition) is 4. The maximum atomic E-state index is 12.9. The molecule has 152 valence electrons. The molecule has 0 unspecified atom stereocenters. The molecular weight excluding hydrogens is 403 g/mol. The molecule has 0 saturated carbocycles. The first-order chi connectivity index (χ1) is 13.0. The van der Waals surface area contributed by atoms with Crippen molar-refractivity contribution in [3.8, 4) is 0 Å². The van der Waals surface area contributed by atoms with Crippen molar-refractivity contribution in [2.75, 3.05) is 26.2 Å². The number of Topliss-reactive ketones (excluding diaryl/α,β-unsaturated/α-hetero) is 1. The van der Waals surface area contributed by atoms with E-state index in [1.165, 1.54) is 13.0 Å². The van der Waals surface area contributed by atoms with Crippen LogP contribution >= 0.6 is 23.2 Å². The number of carbonyl (C=O) groups excluding carboxylic acids is 3. The number of piperazine rings is 1. The highest BCUT2D eigenvalue weighted by molar-refractivity contribution is 6.35. The summed E-state index contributed by atoms with van der Waals surface area (Å²) in [6.07, 6.45) is 1.08. The standard InChI is InChI=1S/C20H24Cl2N2O4/c1-13(25)17(11-14-9-15(21)12-16(22)10-14)18(26)23-5-7-24(8-6-23)19(27)28-20(2,3)4/h9-12H,5-8H2,1-4H3/b17-11+. The third-order valence-electron chi connectivity index (χ3n) is 4.02. The van der Waals surface area contributed by atoms with Crippen molar-refractivity contribution in [2.45, 2.75) is 33.3 Å². The first kappa shape index (κ1) is 22.2. The van der Waals surface area contributed by atoms with Gasteiger partial charge in [-0.3, -0.25) is 9.59 Å². The van der Waals surface area contributed by atoms with Gasteiger partial charge >= 0.3 is 6.09 Å². The molecular formula is C20H24Cl2N2O4. The smallest absolute Gasteiger partial charge is 0.410 e. The second-order valence-corrected chi connectivity index (χ2v) is 8.45. The van der Waals surface area contributed by atoms with Crippen LogP contribution in [0.5, 0.6) is 0 Å². The van der Waals surface area contributed by atoms with E-state index in [9.17, 15) is 14.4 Å². The number of halogens is 2. The molecule has 8 heteroatoms. The Morgan fingerprint density at radius 1 is 0.964 bits per heavy atom. The first-order valence-corrected chi connectivity index (χ1v) is 9.68. The molecule has 0 aromatic heterocycles. The minimum Gasteiger partial charge on any atom is -0.444 e. The molecule has 0 bridgehead atoms. The zero-order valence-electron chi connectivity index (χ0n) is 16.4. The average molecular weight is 427 g/mol. The summed E-state index contributed by atoms with van der Waals surface area (Å²) in [5, 5.41) is 0.833. The molecule has 1 aliphatic heterocycles. The van der Waals surface area contributed by atoms with E-state index >= 15 is 0 Å². The molecule has 2 amide bonds. The maximum Gasteiger partial charge on any atom is 0.410 e. The van der Waals surface area contributed by atoms with E-state index in [2.05, 4.69) is 0 Å². The van der Waals surface area contributed by atoms with Gasteiger partial charge in [0, 0.05) is 36.2 Å². The normalized spacial score (nSPS) is 15.4. The fourth-order valence-electron chi connectivity index (χ4n) is 2.73. The molecule has 1 fully saturated rings. The van der Waals surface area contributed by atoms with E-state index in [0.29, 0.717) is 41.8 Å². The minimum absolute atomic E-state index is 0.0454. The first-order valence-electron chi connectivity index (χ1n) is 8.92. The lowest BCUT2D eigenvalue weighted by molar-refractivity contribution is -0.130. The summed E-state index contributed by atoms with van der Waals surface area (Å²) in [4.78, 5) is 40.2. The van der Waals surface area contributed by atoms with Gasteiger partial charge in [-0.15, -0.1) is 0 Å². The third kappa shape index (κ3) is 6.24. The highest BCUT2D eigenvalue weighted by atomic mass is 35.5. The lowest BCUT2D eigenvalue weighted by Gasteiger charge is -2.35. The van der Waals surface area contributed by atoms with Crippen molar-refractivity contribution >= 4 is 47.1 Å². The molecule has 1 heterocycles. The average Bonchev–Trinajstić information content (AvgIpc) is 2.56. The minimum atomic E-state index is -0.577. The number of nitrogens with zero attached hydrogens (tertiary/aromatic N) is 2. The van der Waals surface area contributed by atoms with Gasteiger partial charge in [0.1, 0.15) is 5.60 Å². The van der Waals surface area contributed by atoms with Crippen molar-refractivity contribution in [3.05, 3.63) is 39.4 Å². The highest BCUT2D eigenvalue weighted by Gasteiger charge is 2.29. The van der Waals surface area contributed by atoms with Gasteiger partial charge in [0.15, 0.2) is 5.78 Å². The monoisotopic (exact) mass is 426 g/mol. The Labute approximate surface area is 175 Å². The van der Waals surface area contributed by atoms with E-state index in [4.69, 9.17) is 27.9 Å². The van der Waals surface area contributed by atoms with Gasteiger partial charge in [-0.05, 0) is 57.5 Å². The van der Waals surface area contributed by atoms with Crippen molar-refractivity contribution in [2.24, 2.45) is 0 Å². The van der Waals surface area contributed by atoms with Gasteiger partial charge in [0.2, 0.25) is 0 Å². The maximum absolute atomic E-state index is 12.9. The topological polar surface area (TPSA) is 66.9 Å². The van der Waals surface area contributed by atoms with Gasteiger partial charge in [-0.1, -0.05) is 23.2 Å². The predicted octanol–water partition coefficient (Wildman–Crippen LogP) is 4.05. The van der Waals surface area contributed by atoms with E-state index < -0.39 is 11.7 Å². The Kier molecular flexibility index (Phi) is 7.12. The quantitative estimate of drug-likeness (QED) is 0.415. The molecule has 28 heavy (non-hydrogen) atoms. The highest BCUT2D eigenvalue weighted by Crippen LogP contribution is 2.22. The van der Waals surface area contributed by atoms with Crippen molar-refractivity contribution in [1.82, 2.24) is 9.80 Å². The second kappa shape index (κ2) is 8.97. The van der Waals surface area contributed by atoms with E-state index in [0.717, 1.165) is 0 Å². The molecule has 1 aliphatic rings. The number of rotatable bonds is 3. The number of hydrogen-bond donors (Lipinski definition) is 0. The molecule has 0 N–H and O–H groups in total. The molecule has 0 atom stereocenters. The summed E-state index contributed by atoms with van der Waals surface area (Å²) in [6.45, 7) is 8.07. The largest absolute Gasteiger partial charge is 0.444 e. The Bertz CT molecular complexity index is 787. The summed E-state index contributed by atoms with van der Waals surface area (Å²) < 4.78 is 5.35. The van der Waals surface area contributed by atoms with Gasteiger partial charge in [0.25, 0.3) is 5.91 Å². The van der Waals surface area contributed by atoms with Crippen LogP contribution in [0, 0.1) is 0 Å². The summed E-state index contributed by atoms with van der Waals surface area (Å²) in [6, 6.07) is 4.83. The number of benzene rings is 1. The summed E-state index contributed by atoms with van der Waals surface area (Å²) in [5.74, 6) is -0.733. The lowest BCUT2D eigenvalue weighted by atomic mass is 10.1. The summed E-state index contributed by atoms with van der Waals surface area (Å²) in [7, 11) is 0. The number of carbonyl (C=O) groups is 3. The molecule has 0 radical (unpaired) electrons. The zero-order chi connectivity index (χ0) is 21.1. The van der Waals surface area contributed by atoms with Crippen LogP contribution in [-0.4, -0.2) is 59.4 Å². The molecule has 2 rings (SSSR count). The second-order valence-electron chi connectivity index (χ2n) is 7.58. The molecule has 1 aromatic rings.